The van der Waals surface area contributed by atoms with Gasteiger partial charge in [-0.1, -0.05) is 30.6 Å². The van der Waals surface area contributed by atoms with Gasteiger partial charge in [0.1, 0.15) is 0 Å². The number of aromatic nitrogens is 2. The predicted molar refractivity (Wildman–Crippen MR) is 68.4 cm³/mol. The van der Waals surface area contributed by atoms with Crippen molar-refractivity contribution in [2.45, 2.75) is 44.6 Å². The number of carbonyl (C=O) groups is 1. The van der Waals surface area contributed by atoms with Crippen LogP contribution in [0.4, 0.5) is 5.13 Å². The first-order valence-corrected chi connectivity index (χ1v) is 6.78. The zero-order chi connectivity index (χ0) is 12.3. The molecule has 0 spiro atoms. The summed E-state index contributed by atoms with van der Waals surface area (Å²) in [5.74, 6) is -0.103. The van der Waals surface area contributed by atoms with E-state index in [9.17, 15) is 4.79 Å². The van der Waals surface area contributed by atoms with E-state index >= 15 is 0 Å². The second-order valence-corrected chi connectivity index (χ2v) is 5.72. The van der Waals surface area contributed by atoms with Gasteiger partial charge in [0.05, 0.1) is 0 Å². The molecule has 6 heteroatoms. The highest BCUT2D eigenvalue weighted by molar-refractivity contribution is 7.17. The number of rotatable bonds is 3. The molecule has 1 aromatic heterocycles. The zero-order valence-electron chi connectivity index (χ0n) is 10.2. The average Bonchev–Trinajstić information content (AvgIpc) is 2.78. The van der Waals surface area contributed by atoms with Gasteiger partial charge in [-0.3, -0.25) is 4.79 Å². The molecule has 17 heavy (non-hydrogen) atoms. The molecule has 1 aliphatic rings. The van der Waals surface area contributed by atoms with E-state index < -0.39 is 0 Å². The van der Waals surface area contributed by atoms with Crippen molar-refractivity contribution in [1.29, 1.82) is 0 Å². The number of hydrogen-bond donors (Lipinski definition) is 2. The van der Waals surface area contributed by atoms with Crippen LogP contribution in [0.2, 0.25) is 0 Å². The standard InChI is InChI=1S/C11H18N4OS/c1-11(6-4-3-5-7-11)13-8(16)9-14-15-10(12-2)17-9/h3-7H2,1-2H3,(H,12,15)(H,13,16). The van der Waals surface area contributed by atoms with Gasteiger partial charge in [0.15, 0.2) is 0 Å². The van der Waals surface area contributed by atoms with E-state index in [1.165, 1.54) is 30.6 Å². The van der Waals surface area contributed by atoms with Gasteiger partial charge in [-0.15, -0.1) is 10.2 Å². The van der Waals surface area contributed by atoms with E-state index in [1.54, 1.807) is 7.05 Å². The molecule has 1 aromatic rings. The van der Waals surface area contributed by atoms with Gasteiger partial charge < -0.3 is 10.6 Å². The lowest BCUT2D eigenvalue weighted by Crippen LogP contribution is -2.47. The number of hydrogen-bond acceptors (Lipinski definition) is 5. The molecule has 0 radical (unpaired) electrons. The Bertz CT molecular complexity index is 398. The second-order valence-electron chi connectivity index (χ2n) is 4.74. The Labute approximate surface area is 105 Å². The minimum atomic E-state index is -0.103. The van der Waals surface area contributed by atoms with Crippen LogP contribution in [-0.2, 0) is 0 Å². The lowest BCUT2D eigenvalue weighted by molar-refractivity contribution is 0.0881. The van der Waals surface area contributed by atoms with Crippen LogP contribution in [0.1, 0.15) is 48.8 Å². The molecular weight excluding hydrogens is 236 g/mol. The van der Waals surface area contributed by atoms with Gasteiger partial charge >= 0.3 is 0 Å². The van der Waals surface area contributed by atoms with Crippen molar-refractivity contribution in [3.8, 4) is 0 Å². The smallest absolute Gasteiger partial charge is 0.282 e. The van der Waals surface area contributed by atoms with Crippen LogP contribution in [-0.4, -0.2) is 28.7 Å². The molecule has 0 aliphatic heterocycles. The Morgan fingerprint density at radius 1 is 1.29 bits per heavy atom. The van der Waals surface area contributed by atoms with Gasteiger partial charge in [0.25, 0.3) is 5.91 Å². The van der Waals surface area contributed by atoms with Crippen LogP contribution in [0, 0.1) is 0 Å². The maximum absolute atomic E-state index is 12.0. The number of carbonyl (C=O) groups excluding carboxylic acids is 1. The van der Waals surface area contributed by atoms with Crippen molar-refractivity contribution >= 4 is 22.4 Å². The maximum atomic E-state index is 12.0. The van der Waals surface area contributed by atoms with Crippen molar-refractivity contribution in [3.05, 3.63) is 5.01 Å². The first-order chi connectivity index (χ1) is 8.13. The van der Waals surface area contributed by atoms with Gasteiger partial charge in [-0.05, 0) is 19.8 Å². The first kappa shape index (κ1) is 12.3. The molecule has 1 aliphatic carbocycles. The molecular formula is C11H18N4OS. The summed E-state index contributed by atoms with van der Waals surface area (Å²) in [5, 5.41) is 14.8. The highest BCUT2D eigenvalue weighted by atomic mass is 32.1. The van der Waals surface area contributed by atoms with Crippen LogP contribution < -0.4 is 10.6 Å². The van der Waals surface area contributed by atoms with Crippen molar-refractivity contribution in [3.63, 3.8) is 0 Å². The molecule has 0 aromatic carbocycles. The Balaban J connectivity index is 2.00. The fourth-order valence-corrected chi connectivity index (χ4v) is 2.79. The fraction of sp³-hybridized carbons (Fsp3) is 0.727. The predicted octanol–water partition coefficient (Wildman–Crippen LogP) is 2.03. The molecule has 0 unspecified atom stereocenters. The Hall–Kier alpha value is -1.17. The summed E-state index contributed by atoms with van der Waals surface area (Å²) in [6.07, 6.45) is 5.75. The summed E-state index contributed by atoms with van der Waals surface area (Å²) in [6.45, 7) is 2.12. The largest absolute Gasteiger partial charge is 0.363 e. The molecule has 0 saturated heterocycles. The van der Waals surface area contributed by atoms with Crippen LogP contribution in [0.25, 0.3) is 0 Å². The third-order valence-corrected chi connectivity index (χ3v) is 4.15. The second kappa shape index (κ2) is 5.00. The van der Waals surface area contributed by atoms with Crippen LogP contribution in [0.3, 0.4) is 0 Å². The molecule has 5 nitrogen and oxygen atoms in total. The summed E-state index contributed by atoms with van der Waals surface area (Å²) >= 11 is 1.28. The minimum Gasteiger partial charge on any atom is -0.363 e. The monoisotopic (exact) mass is 254 g/mol. The van der Waals surface area contributed by atoms with Gasteiger partial charge in [-0.2, -0.15) is 0 Å². The Morgan fingerprint density at radius 3 is 2.59 bits per heavy atom. The summed E-state index contributed by atoms with van der Waals surface area (Å²) in [5.41, 5.74) is -0.0686. The first-order valence-electron chi connectivity index (χ1n) is 5.97. The highest BCUT2D eigenvalue weighted by Crippen LogP contribution is 2.28. The van der Waals surface area contributed by atoms with Gasteiger partial charge in [0, 0.05) is 12.6 Å². The van der Waals surface area contributed by atoms with Crippen LogP contribution in [0.5, 0.6) is 0 Å². The summed E-state index contributed by atoms with van der Waals surface area (Å²) < 4.78 is 0. The highest BCUT2D eigenvalue weighted by Gasteiger charge is 2.29. The zero-order valence-corrected chi connectivity index (χ0v) is 11.1. The Morgan fingerprint density at radius 2 is 2.00 bits per heavy atom. The average molecular weight is 254 g/mol. The minimum absolute atomic E-state index is 0.0686. The molecule has 1 fully saturated rings. The maximum Gasteiger partial charge on any atom is 0.282 e. The SMILES string of the molecule is CNc1nnc(C(=O)NC2(C)CCCCC2)s1. The third kappa shape index (κ3) is 2.94. The van der Waals surface area contributed by atoms with Crippen molar-refractivity contribution in [2.24, 2.45) is 0 Å². The van der Waals surface area contributed by atoms with E-state index in [1.807, 2.05) is 0 Å². The topological polar surface area (TPSA) is 66.9 Å². The van der Waals surface area contributed by atoms with E-state index in [4.69, 9.17) is 0 Å². The Kier molecular flexibility index (Phi) is 3.61. The molecule has 1 saturated carbocycles. The number of nitrogens with zero attached hydrogens (tertiary/aromatic N) is 2. The number of amides is 1. The van der Waals surface area contributed by atoms with E-state index in [2.05, 4.69) is 27.8 Å². The molecule has 2 rings (SSSR count). The van der Waals surface area contributed by atoms with Gasteiger partial charge in [0.2, 0.25) is 10.1 Å². The summed E-state index contributed by atoms with van der Waals surface area (Å²) in [4.78, 5) is 12.0. The van der Waals surface area contributed by atoms with Gasteiger partial charge in [-0.25, -0.2) is 0 Å². The molecule has 1 amide bonds. The van der Waals surface area contributed by atoms with Crippen molar-refractivity contribution in [1.82, 2.24) is 15.5 Å². The lowest BCUT2D eigenvalue weighted by Gasteiger charge is -2.34. The van der Waals surface area contributed by atoms with Crippen LogP contribution in [0.15, 0.2) is 0 Å². The fourth-order valence-electron chi connectivity index (χ4n) is 2.20. The number of nitrogens with one attached hydrogen (secondary N) is 2. The lowest BCUT2D eigenvalue weighted by atomic mass is 9.83. The van der Waals surface area contributed by atoms with E-state index in [0.717, 1.165) is 12.8 Å². The summed E-state index contributed by atoms with van der Waals surface area (Å²) in [6, 6.07) is 0. The molecule has 0 atom stereocenters. The number of anilines is 1. The third-order valence-electron chi connectivity index (χ3n) is 3.21. The quantitative estimate of drug-likeness (QED) is 0.866. The molecule has 2 N–H and O–H groups in total. The van der Waals surface area contributed by atoms with Crippen molar-refractivity contribution < 1.29 is 4.79 Å². The van der Waals surface area contributed by atoms with E-state index in [-0.39, 0.29) is 11.4 Å². The molecule has 94 valence electrons. The molecule has 0 bridgehead atoms. The van der Waals surface area contributed by atoms with Crippen molar-refractivity contribution in [2.75, 3.05) is 12.4 Å². The molecule has 1 heterocycles. The normalized spacial score (nSPS) is 18.7. The van der Waals surface area contributed by atoms with Crippen LogP contribution >= 0.6 is 11.3 Å². The van der Waals surface area contributed by atoms with E-state index in [0.29, 0.717) is 10.1 Å². The summed E-state index contributed by atoms with van der Waals surface area (Å²) in [7, 11) is 1.77.